The SMILES string of the molecule is CCOCCCNC(=O)COc1ccc(S(=O)(=O)Nc2ccc(Cl)cc2)cc1C. The van der Waals surface area contributed by atoms with Crippen LogP contribution in [0.3, 0.4) is 0 Å². The summed E-state index contributed by atoms with van der Waals surface area (Å²) in [5, 5.41) is 3.26. The van der Waals surface area contributed by atoms with Gasteiger partial charge in [-0.05, 0) is 68.3 Å². The number of halogens is 1. The Labute approximate surface area is 176 Å². The molecule has 0 bridgehead atoms. The van der Waals surface area contributed by atoms with E-state index in [2.05, 4.69) is 10.0 Å². The number of sulfonamides is 1. The molecule has 2 aromatic rings. The second-order valence-electron chi connectivity index (χ2n) is 6.23. The summed E-state index contributed by atoms with van der Waals surface area (Å²) in [5.41, 5.74) is 1.02. The molecule has 2 rings (SSSR count). The van der Waals surface area contributed by atoms with Crippen molar-refractivity contribution in [3.63, 3.8) is 0 Å². The zero-order chi connectivity index (χ0) is 21.3. The van der Waals surface area contributed by atoms with Gasteiger partial charge in [0.15, 0.2) is 6.61 Å². The summed E-state index contributed by atoms with van der Waals surface area (Å²) in [6.07, 6.45) is 0.728. The average molecular weight is 441 g/mol. The van der Waals surface area contributed by atoms with Gasteiger partial charge in [-0.1, -0.05) is 11.6 Å². The molecule has 0 aliphatic rings. The molecule has 0 saturated carbocycles. The van der Waals surface area contributed by atoms with E-state index in [1.165, 1.54) is 18.2 Å². The van der Waals surface area contributed by atoms with Gasteiger partial charge in [-0.3, -0.25) is 9.52 Å². The van der Waals surface area contributed by atoms with Crippen LogP contribution < -0.4 is 14.8 Å². The zero-order valence-corrected chi connectivity index (χ0v) is 18.0. The minimum absolute atomic E-state index is 0.0951. The largest absolute Gasteiger partial charge is 0.484 e. The van der Waals surface area contributed by atoms with Crippen LogP contribution in [-0.2, 0) is 19.6 Å². The summed E-state index contributed by atoms with van der Waals surface area (Å²) >= 11 is 5.81. The van der Waals surface area contributed by atoms with Crippen LogP contribution in [0, 0.1) is 6.92 Å². The molecule has 0 atom stereocenters. The number of hydrogen-bond acceptors (Lipinski definition) is 5. The Kier molecular flexibility index (Phi) is 8.75. The standard InChI is InChI=1S/C20H25ClN2O5S/c1-3-27-12-4-11-22-20(24)14-28-19-10-9-18(13-15(19)2)29(25,26)23-17-7-5-16(21)6-8-17/h5-10,13,23H,3-4,11-12,14H2,1-2H3,(H,22,24). The Morgan fingerprint density at radius 2 is 1.86 bits per heavy atom. The second-order valence-corrected chi connectivity index (χ2v) is 8.35. The Bertz CT molecular complexity index is 917. The molecule has 7 nitrogen and oxygen atoms in total. The molecule has 158 valence electrons. The van der Waals surface area contributed by atoms with E-state index < -0.39 is 10.0 Å². The van der Waals surface area contributed by atoms with Crippen LogP contribution in [0.4, 0.5) is 5.69 Å². The van der Waals surface area contributed by atoms with Gasteiger partial charge >= 0.3 is 0 Å². The Balaban J connectivity index is 1.92. The Morgan fingerprint density at radius 3 is 2.52 bits per heavy atom. The third kappa shape index (κ3) is 7.56. The van der Waals surface area contributed by atoms with Crippen LogP contribution in [0.5, 0.6) is 5.75 Å². The van der Waals surface area contributed by atoms with E-state index in [4.69, 9.17) is 21.1 Å². The highest BCUT2D eigenvalue weighted by Gasteiger charge is 2.16. The monoisotopic (exact) mass is 440 g/mol. The zero-order valence-electron chi connectivity index (χ0n) is 16.4. The summed E-state index contributed by atoms with van der Waals surface area (Å²) in [7, 11) is -3.76. The summed E-state index contributed by atoms with van der Waals surface area (Å²) in [6, 6.07) is 10.8. The van der Waals surface area contributed by atoms with Crippen LogP contribution in [0.2, 0.25) is 5.02 Å². The van der Waals surface area contributed by atoms with Gasteiger partial charge in [-0.25, -0.2) is 8.42 Å². The summed E-state index contributed by atoms with van der Waals surface area (Å²) < 4.78 is 38.3. The van der Waals surface area contributed by atoms with Crippen molar-refractivity contribution in [2.45, 2.75) is 25.2 Å². The van der Waals surface area contributed by atoms with Crippen LogP contribution in [0.25, 0.3) is 0 Å². The van der Waals surface area contributed by atoms with Crippen LogP contribution >= 0.6 is 11.6 Å². The van der Waals surface area contributed by atoms with Gasteiger partial charge in [-0.15, -0.1) is 0 Å². The molecule has 0 aliphatic heterocycles. The van der Waals surface area contributed by atoms with E-state index in [-0.39, 0.29) is 17.4 Å². The normalized spacial score (nSPS) is 11.1. The Hall–Kier alpha value is -2.29. The summed E-state index contributed by atoms with van der Waals surface area (Å²) in [6.45, 7) is 5.24. The number of hydrogen-bond donors (Lipinski definition) is 2. The number of amides is 1. The fourth-order valence-electron chi connectivity index (χ4n) is 2.42. The highest BCUT2D eigenvalue weighted by atomic mass is 35.5. The van der Waals surface area contributed by atoms with E-state index in [9.17, 15) is 13.2 Å². The number of aryl methyl sites for hydroxylation is 1. The fraction of sp³-hybridized carbons (Fsp3) is 0.350. The molecule has 0 aliphatic carbocycles. The number of rotatable bonds is 11. The molecule has 0 aromatic heterocycles. The number of anilines is 1. The molecule has 0 saturated heterocycles. The lowest BCUT2D eigenvalue weighted by Gasteiger charge is -2.12. The highest BCUT2D eigenvalue weighted by Crippen LogP contribution is 2.24. The second kappa shape index (κ2) is 11.0. The molecule has 29 heavy (non-hydrogen) atoms. The molecule has 9 heteroatoms. The molecule has 0 heterocycles. The molecular weight excluding hydrogens is 416 g/mol. The lowest BCUT2D eigenvalue weighted by molar-refractivity contribution is -0.123. The Morgan fingerprint density at radius 1 is 1.14 bits per heavy atom. The minimum atomic E-state index is -3.76. The van der Waals surface area contributed by atoms with E-state index in [1.54, 1.807) is 31.2 Å². The topological polar surface area (TPSA) is 93.7 Å². The smallest absolute Gasteiger partial charge is 0.261 e. The predicted molar refractivity (Wildman–Crippen MR) is 113 cm³/mol. The number of carbonyl (C=O) groups excluding carboxylic acids is 1. The van der Waals surface area contributed by atoms with E-state index in [1.807, 2.05) is 6.92 Å². The van der Waals surface area contributed by atoms with Gasteiger partial charge in [0.2, 0.25) is 0 Å². The van der Waals surface area contributed by atoms with Crippen molar-refractivity contribution in [2.75, 3.05) is 31.1 Å². The third-order valence-electron chi connectivity index (χ3n) is 3.90. The fourth-order valence-corrected chi connectivity index (χ4v) is 3.69. The van der Waals surface area contributed by atoms with Crippen LogP contribution in [-0.4, -0.2) is 40.7 Å². The molecular formula is C20H25ClN2O5S. The van der Waals surface area contributed by atoms with E-state index in [0.717, 1.165) is 6.42 Å². The van der Waals surface area contributed by atoms with Crippen molar-refractivity contribution in [1.82, 2.24) is 5.32 Å². The predicted octanol–water partition coefficient (Wildman–Crippen LogP) is 3.37. The number of ether oxygens (including phenoxy) is 2. The van der Waals surface area contributed by atoms with Crippen LogP contribution in [0.15, 0.2) is 47.4 Å². The molecule has 2 aromatic carbocycles. The van der Waals surface area contributed by atoms with E-state index >= 15 is 0 Å². The first-order chi connectivity index (χ1) is 13.8. The van der Waals surface area contributed by atoms with Gasteiger partial charge in [0.1, 0.15) is 5.75 Å². The molecule has 0 radical (unpaired) electrons. The van der Waals surface area contributed by atoms with Gasteiger partial charge in [0.25, 0.3) is 15.9 Å². The molecule has 0 unspecified atom stereocenters. The van der Waals surface area contributed by atoms with Crippen molar-refractivity contribution >= 4 is 33.2 Å². The summed E-state index contributed by atoms with van der Waals surface area (Å²) in [4.78, 5) is 11.9. The first-order valence-corrected chi connectivity index (χ1v) is 11.0. The summed E-state index contributed by atoms with van der Waals surface area (Å²) in [5.74, 6) is 0.196. The molecule has 2 N–H and O–H groups in total. The van der Waals surface area contributed by atoms with E-state index in [0.29, 0.717) is 41.8 Å². The van der Waals surface area contributed by atoms with Crippen molar-refractivity contribution in [3.8, 4) is 5.75 Å². The van der Waals surface area contributed by atoms with Gasteiger partial charge in [0.05, 0.1) is 4.90 Å². The molecule has 1 amide bonds. The maximum absolute atomic E-state index is 12.6. The maximum Gasteiger partial charge on any atom is 0.261 e. The highest BCUT2D eigenvalue weighted by molar-refractivity contribution is 7.92. The quantitative estimate of drug-likeness (QED) is 0.522. The first kappa shape index (κ1) is 23.0. The van der Waals surface area contributed by atoms with Crippen molar-refractivity contribution in [3.05, 3.63) is 53.1 Å². The van der Waals surface area contributed by atoms with Gasteiger partial charge in [-0.2, -0.15) is 0 Å². The average Bonchev–Trinajstić information content (AvgIpc) is 2.68. The first-order valence-electron chi connectivity index (χ1n) is 9.18. The number of nitrogens with one attached hydrogen (secondary N) is 2. The van der Waals surface area contributed by atoms with Crippen molar-refractivity contribution in [2.24, 2.45) is 0 Å². The number of benzene rings is 2. The van der Waals surface area contributed by atoms with Gasteiger partial charge < -0.3 is 14.8 Å². The third-order valence-corrected chi connectivity index (χ3v) is 5.53. The number of carbonyl (C=O) groups is 1. The molecule has 0 fully saturated rings. The molecule has 0 spiro atoms. The lowest BCUT2D eigenvalue weighted by Crippen LogP contribution is -2.30. The van der Waals surface area contributed by atoms with Crippen molar-refractivity contribution in [1.29, 1.82) is 0 Å². The van der Waals surface area contributed by atoms with Crippen LogP contribution in [0.1, 0.15) is 18.9 Å². The van der Waals surface area contributed by atoms with Gasteiger partial charge in [0, 0.05) is 30.5 Å². The lowest BCUT2D eigenvalue weighted by atomic mass is 10.2. The van der Waals surface area contributed by atoms with Crippen molar-refractivity contribution < 1.29 is 22.7 Å². The maximum atomic E-state index is 12.6. The minimum Gasteiger partial charge on any atom is -0.484 e.